The molecule has 2 rings (SSSR count). The van der Waals surface area contributed by atoms with Crippen LogP contribution in [0.4, 0.5) is 0 Å². The number of hydrogen-bond donors (Lipinski definition) is 1. The maximum atomic E-state index is 13.0. The first-order valence-electron chi connectivity index (χ1n) is 9.33. The largest absolute Gasteiger partial charge is 0.506 e. The Kier molecular flexibility index (Phi) is 6.15. The molecular weight excluding hydrogens is 336 g/mol. The molecule has 0 atom stereocenters. The Morgan fingerprint density at radius 1 is 0.778 bits per heavy atom. The predicted octanol–water partition coefficient (Wildman–Crippen LogP) is 5.92. The van der Waals surface area contributed by atoms with Crippen LogP contribution in [0.15, 0.2) is 24.3 Å². The molecule has 0 aliphatic rings. The zero-order valence-corrected chi connectivity index (χ0v) is 17.7. The lowest BCUT2D eigenvalue weighted by molar-refractivity contribution is -0.140. The SMILES string of the molecule is Cc1cc(C)c(/C(O)=C(\C(=O)OC(C)C)c2c(C)cc(C)cc2C)c(C)c1. The normalized spacial score (nSPS) is 12.2. The third kappa shape index (κ3) is 4.41. The van der Waals surface area contributed by atoms with E-state index in [0.717, 1.165) is 38.9 Å². The molecule has 1 N–H and O–H groups in total. The van der Waals surface area contributed by atoms with E-state index >= 15 is 0 Å². The van der Waals surface area contributed by atoms with E-state index in [9.17, 15) is 9.90 Å². The Bertz CT molecular complexity index is 871. The molecule has 2 aromatic rings. The van der Waals surface area contributed by atoms with Gasteiger partial charge in [0.15, 0.2) is 0 Å². The second-order valence-electron chi connectivity index (χ2n) is 7.73. The first-order valence-corrected chi connectivity index (χ1v) is 9.33. The fraction of sp³-hybridized carbons (Fsp3) is 0.375. The van der Waals surface area contributed by atoms with Crippen LogP contribution in [0.5, 0.6) is 0 Å². The van der Waals surface area contributed by atoms with Crippen molar-refractivity contribution in [2.75, 3.05) is 0 Å². The number of aliphatic hydroxyl groups is 1. The number of carbonyl (C=O) groups excluding carboxylic acids is 1. The summed E-state index contributed by atoms with van der Waals surface area (Å²) in [5, 5.41) is 11.3. The maximum Gasteiger partial charge on any atom is 0.342 e. The van der Waals surface area contributed by atoms with Crippen LogP contribution in [0.25, 0.3) is 11.3 Å². The number of esters is 1. The van der Waals surface area contributed by atoms with E-state index in [4.69, 9.17) is 4.74 Å². The first kappa shape index (κ1) is 20.8. The highest BCUT2D eigenvalue weighted by Crippen LogP contribution is 2.34. The van der Waals surface area contributed by atoms with E-state index in [1.807, 2.05) is 79.7 Å². The molecule has 0 saturated carbocycles. The molecule has 0 heterocycles. The van der Waals surface area contributed by atoms with Crippen LogP contribution in [0.2, 0.25) is 0 Å². The number of benzene rings is 2. The number of carbonyl (C=O) groups is 1. The molecule has 0 radical (unpaired) electrons. The van der Waals surface area contributed by atoms with Crippen LogP contribution in [-0.2, 0) is 9.53 Å². The molecule has 0 unspecified atom stereocenters. The molecule has 2 aromatic carbocycles. The lowest BCUT2D eigenvalue weighted by Gasteiger charge is -2.19. The summed E-state index contributed by atoms with van der Waals surface area (Å²) in [5.74, 6) is -0.525. The molecule has 27 heavy (non-hydrogen) atoms. The monoisotopic (exact) mass is 366 g/mol. The molecule has 144 valence electrons. The molecule has 0 amide bonds. The zero-order valence-electron chi connectivity index (χ0n) is 17.7. The molecule has 3 heteroatoms. The lowest BCUT2D eigenvalue weighted by Crippen LogP contribution is -2.16. The van der Waals surface area contributed by atoms with Gasteiger partial charge in [0.05, 0.1) is 6.10 Å². The number of aliphatic hydroxyl groups excluding tert-OH is 1. The van der Waals surface area contributed by atoms with Gasteiger partial charge in [-0.15, -0.1) is 0 Å². The van der Waals surface area contributed by atoms with E-state index in [2.05, 4.69) is 0 Å². The van der Waals surface area contributed by atoms with Crippen molar-refractivity contribution in [2.45, 2.75) is 61.5 Å². The molecule has 3 nitrogen and oxygen atoms in total. The Labute approximate surface area is 162 Å². The van der Waals surface area contributed by atoms with Gasteiger partial charge in [-0.1, -0.05) is 35.4 Å². The number of hydrogen-bond acceptors (Lipinski definition) is 3. The minimum absolute atomic E-state index is 0.0225. The molecule has 0 aliphatic carbocycles. The van der Waals surface area contributed by atoms with Gasteiger partial charge in [0.1, 0.15) is 11.3 Å². The van der Waals surface area contributed by atoms with Crippen molar-refractivity contribution in [1.29, 1.82) is 0 Å². The van der Waals surface area contributed by atoms with Gasteiger partial charge in [-0.25, -0.2) is 4.79 Å². The van der Waals surface area contributed by atoms with Gasteiger partial charge >= 0.3 is 5.97 Å². The molecule has 0 fully saturated rings. The van der Waals surface area contributed by atoms with Gasteiger partial charge in [-0.05, 0) is 83.2 Å². The zero-order chi connectivity index (χ0) is 20.5. The summed E-state index contributed by atoms with van der Waals surface area (Å²) < 4.78 is 5.50. The Balaban J connectivity index is 2.86. The third-order valence-corrected chi connectivity index (χ3v) is 4.62. The van der Waals surface area contributed by atoms with E-state index in [1.165, 1.54) is 0 Å². The predicted molar refractivity (Wildman–Crippen MR) is 112 cm³/mol. The second-order valence-corrected chi connectivity index (χ2v) is 7.73. The highest BCUT2D eigenvalue weighted by atomic mass is 16.5. The Morgan fingerprint density at radius 2 is 1.15 bits per heavy atom. The fourth-order valence-corrected chi connectivity index (χ4v) is 3.84. The van der Waals surface area contributed by atoms with Gasteiger partial charge < -0.3 is 9.84 Å². The van der Waals surface area contributed by atoms with Crippen molar-refractivity contribution < 1.29 is 14.6 Å². The summed E-state index contributed by atoms with van der Waals surface area (Å²) in [5.41, 5.74) is 7.65. The molecule has 0 spiro atoms. The average Bonchev–Trinajstić information content (AvgIpc) is 2.48. The quantitative estimate of drug-likeness (QED) is 0.316. The van der Waals surface area contributed by atoms with Crippen LogP contribution in [0, 0.1) is 41.5 Å². The minimum Gasteiger partial charge on any atom is -0.506 e. The van der Waals surface area contributed by atoms with Crippen molar-refractivity contribution >= 4 is 17.3 Å². The van der Waals surface area contributed by atoms with E-state index in [0.29, 0.717) is 5.56 Å². The van der Waals surface area contributed by atoms with E-state index < -0.39 is 5.97 Å². The summed E-state index contributed by atoms with van der Waals surface area (Å²) in [7, 11) is 0. The highest BCUT2D eigenvalue weighted by Gasteiger charge is 2.26. The third-order valence-electron chi connectivity index (χ3n) is 4.62. The number of aryl methyl sites for hydroxylation is 6. The first-order chi connectivity index (χ1) is 12.5. The van der Waals surface area contributed by atoms with Gasteiger partial charge in [-0.2, -0.15) is 0 Å². The van der Waals surface area contributed by atoms with Crippen LogP contribution in [-0.4, -0.2) is 17.2 Å². The Morgan fingerprint density at radius 3 is 1.52 bits per heavy atom. The van der Waals surface area contributed by atoms with Gasteiger partial charge in [0.25, 0.3) is 0 Å². The van der Waals surface area contributed by atoms with Crippen molar-refractivity contribution in [3.63, 3.8) is 0 Å². The van der Waals surface area contributed by atoms with Gasteiger partial charge in [0, 0.05) is 5.56 Å². The van der Waals surface area contributed by atoms with Crippen LogP contribution in [0.1, 0.15) is 58.4 Å². The topological polar surface area (TPSA) is 46.5 Å². The molecule has 0 aliphatic heterocycles. The molecule has 0 bridgehead atoms. The summed E-state index contributed by atoms with van der Waals surface area (Å²) >= 11 is 0. The summed E-state index contributed by atoms with van der Waals surface area (Å²) in [6, 6.07) is 8.07. The second kappa shape index (κ2) is 7.99. The van der Waals surface area contributed by atoms with Crippen molar-refractivity contribution in [1.82, 2.24) is 0 Å². The van der Waals surface area contributed by atoms with E-state index in [-0.39, 0.29) is 17.4 Å². The smallest absolute Gasteiger partial charge is 0.342 e. The standard InChI is InChI=1S/C24H30O3/c1-13(2)27-24(26)22(20-16(5)9-14(3)10-17(20)6)23(25)21-18(7)11-15(4)12-19(21)8/h9-13,25H,1-8H3/b23-22+. The summed E-state index contributed by atoms with van der Waals surface area (Å²) in [4.78, 5) is 13.0. The number of ether oxygens (including phenoxy) is 1. The lowest BCUT2D eigenvalue weighted by atomic mass is 9.89. The van der Waals surface area contributed by atoms with Crippen molar-refractivity contribution in [3.8, 4) is 0 Å². The van der Waals surface area contributed by atoms with Crippen molar-refractivity contribution in [2.24, 2.45) is 0 Å². The molecule has 0 aromatic heterocycles. The molecule has 0 saturated heterocycles. The summed E-state index contributed by atoms with van der Waals surface area (Å²) in [6.07, 6.45) is -0.272. The van der Waals surface area contributed by atoms with Crippen LogP contribution < -0.4 is 0 Å². The minimum atomic E-state index is -0.503. The van der Waals surface area contributed by atoms with Crippen molar-refractivity contribution in [3.05, 3.63) is 68.8 Å². The van der Waals surface area contributed by atoms with Crippen LogP contribution >= 0.6 is 0 Å². The average molecular weight is 367 g/mol. The van der Waals surface area contributed by atoms with E-state index in [1.54, 1.807) is 0 Å². The fourth-order valence-electron chi connectivity index (χ4n) is 3.84. The van der Waals surface area contributed by atoms with Crippen LogP contribution in [0.3, 0.4) is 0 Å². The Hall–Kier alpha value is -2.55. The van der Waals surface area contributed by atoms with Gasteiger partial charge in [-0.3, -0.25) is 0 Å². The highest BCUT2D eigenvalue weighted by molar-refractivity contribution is 6.24. The number of rotatable bonds is 4. The van der Waals surface area contributed by atoms with Gasteiger partial charge in [0.2, 0.25) is 0 Å². The summed E-state index contributed by atoms with van der Waals surface area (Å²) in [6.45, 7) is 15.5. The molecular formula is C24H30O3. The maximum absolute atomic E-state index is 13.0.